The summed E-state index contributed by atoms with van der Waals surface area (Å²) in [5.74, 6) is 0. The van der Waals surface area contributed by atoms with Gasteiger partial charge < -0.3 is 9.32 Å². The quantitative estimate of drug-likeness (QED) is 0.160. The van der Waals surface area contributed by atoms with E-state index in [-0.39, 0.29) is 5.41 Å². The summed E-state index contributed by atoms with van der Waals surface area (Å²) in [6, 6.07) is 81.6. The van der Waals surface area contributed by atoms with E-state index < -0.39 is 0 Å². The Balaban J connectivity index is 1.05. The van der Waals surface area contributed by atoms with Crippen molar-refractivity contribution in [1.29, 1.82) is 0 Å². The highest BCUT2D eigenvalue weighted by molar-refractivity contribution is 6.20. The van der Waals surface area contributed by atoms with Gasteiger partial charge in [-0.05, 0) is 109 Å². The molecule has 1 aromatic heterocycles. The molecule has 2 nitrogen and oxygen atoms in total. The molecule has 11 aromatic rings. The Bertz CT molecular complexity index is 3520. The lowest BCUT2D eigenvalue weighted by Gasteiger charge is -2.30. The number of nitrogens with zero attached hydrogens (tertiary/aromatic N) is 1. The van der Waals surface area contributed by atoms with Crippen LogP contribution in [0.3, 0.4) is 0 Å². The van der Waals surface area contributed by atoms with Crippen LogP contribution in [0.15, 0.2) is 229 Å². The van der Waals surface area contributed by atoms with E-state index in [1.54, 1.807) is 0 Å². The van der Waals surface area contributed by atoms with Gasteiger partial charge in [-0.25, -0.2) is 0 Å². The van der Waals surface area contributed by atoms with Crippen molar-refractivity contribution >= 4 is 49.8 Å². The molecule has 0 atom stereocenters. The molecule has 0 radical (unpaired) electrons. The number of para-hydroxylation sites is 1. The second-order valence-corrected chi connectivity index (χ2v) is 17.2. The topological polar surface area (TPSA) is 16.4 Å². The summed E-state index contributed by atoms with van der Waals surface area (Å²) >= 11 is 0. The summed E-state index contributed by atoms with van der Waals surface area (Å²) in [4.78, 5) is 2.45. The van der Waals surface area contributed by atoms with Crippen LogP contribution < -0.4 is 4.90 Å². The van der Waals surface area contributed by atoms with Crippen molar-refractivity contribution in [1.82, 2.24) is 0 Å². The SMILES string of the molecule is CC1(C)c2ccccc2-c2ccc(N(c3ccc(-c4cccc5c4oc4ccc6ccccc6c45)cc3)c3ccc(-c4ccccc4-c4ccccc4)cc3-c3ccccc3)cc21. The maximum atomic E-state index is 6.69. The second-order valence-electron chi connectivity index (χ2n) is 17.2. The van der Waals surface area contributed by atoms with Crippen LogP contribution in [0.4, 0.5) is 17.1 Å². The summed E-state index contributed by atoms with van der Waals surface area (Å²) in [6.07, 6.45) is 0. The number of hydrogen-bond acceptors (Lipinski definition) is 2. The molecule has 12 rings (SSSR count). The minimum absolute atomic E-state index is 0.151. The smallest absolute Gasteiger partial charge is 0.143 e. The van der Waals surface area contributed by atoms with Crippen molar-refractivity contribution in [3.63, 3.8) is 0 Å². The Labute approximate surface area is 368 Å². The first kappa shape index (κ1) is 36.9. The molecular formula is C61H43NO. The Kier molecular flexibility index (Phi) is 8.55. The van der Waals surface area contributed by atoms with E-state index in [1.165, 1.54) is 55.3 Å². The van der Waals surface area contributed by atoms with Crippen LogP contribution in [-0.2, 0) is 5.41 Å². The third-order valence-corrected chi connectivity index (χ3v) is 13.3. The monoisotopic (exact) mass is 805 g/mol. The number of benzene rings is 10. The minimum atomic E-state index is -0.151. The van der Waals surface area contributed by atoms with Gasteiger partial charge in [0.15, 0.2) is 0 Å². The van der Waals surface area contributed by atoms with Crippen LogP contribution in [0.25, 0.3) is 88.3 Å². The normalized spacial score (nSPS) is 12.7. The molecule has 1 aliphatic carbocycles. The summed E-state index contributed by atoms with van der Waals surface area (Å²) in [5, 5.41) is 4.72. The average molecular weight is 806 g/mol. The number of anilines is 3. The van der Waals surface area contributed by atoms with Gasteiger partial charge in [-0.3, -0.25) is 0 Å². The van der Waals surface area contributed by atoms with Crippen LogP contribution in [-0.4, -0.2) is 0 Å². The number of rotatable bonds is 7. The van der Waals surface area contributed by atoms with Gasteiger partial charge >= 0.3 is 0 Å². The van der Waals surface area contributed by atoms with Crippen LogP contribution in [0.1, 0.15) is 25.0 Å². The third kappa shape index (κ3) is 6.02. The molecule has 1 aliphatic rings. The lowest BCUT2D eigenvalue weighted by atomic mass is 9.82. The van der Waals surface area contributed by atoms with E-state index >= 15 is 0 Å². The Hall–Kier alpha value is -7.94. The molecule has 0 unspecified atom stereocenters. The fourth-order valence-electron chi connectivity index (χ4n) is 10.2. The fourth-order valence-corrected chi connectivity index (χ4v) is 10.2. The molecule has 10 aromatic carbocycles. The third-order valence-electron chi connectivity index (χ3n) is 13.3. The largest absolute Gasteiger partial charge is 0.455 e. The first-order valence-electron chi connectivity index (χ1n) is 21.8. The number of fused-ring (bicyclic) bond motifs is 8. The molecule has 0 amide bonds. The van der Waals surface area contributed by atoms with Crippen LogP contribution >= 0.6 is 0 Å². The molecule has 63 heavy (non-hydrogen) atoms. The summed E-state index contributed by atoms with van der Waals surface area (Å²) in [7, 11) is 0. The average Bonchev–Trinajstić information content (AvgIpc) is 3.85. The van der Waals surface area contributed by atoms with E-state index in [4.69, 9.17) is 4.42 Å². The van der Waals surface area contributed by atoms with Crippen molar-refractivity contribution in [3.8, 4) is 55.6 Å². The summed E-state index contributed by atoms with van der Waals surface area (Å²) in [6.45, 7) is 4.72. The van der Waals surface area contributed by atoms with E-state index in [2.05, 4.69) is 243 Å². The molecule has 0 N–H and O–H groups in total. The first-order valence-corrected chi connectivity index (χ1v) is 21.8. The first-order chi connectivity index (χ1) is 31.0. The molecule has 298 valence electrons. The molecule has 1 heterocycles. The van der Waals surface area contributed by atoms with Gasteiger partial charge in [-0.1, -0.05) is 196 Å². The van der Waals surface area contributed by atoms with Crippen molar-refractivity contribution < 1.29 is 4.42 Å². The molecule has 0 saturated heterocycles. The van der Waals surface area contributed by atoms with Crippen LogP contribution in [0, 0.1) is 0 Å². The number of hydrogen-bond donors (Lipinski definition) is 0. The van der Waals surface area contributed by atoms with Gasteiger partial charge in [0, 0.05) is 38.7 Å². The highest BCUT2D eigenvalue weighted by atomic mass is 16.3. The van der Waals surface area contributed by atoms with Gasteiger partial charge in [0.25, 0.3) is 0 Å². The van der Waals surface area contributed by atoms with Crippen molar-refractivity contribution in [3.05, 3.63) is 236 Å². The van der Waals surface area contributed by atoms with Gasteiger partial charge in [0.05, 0.1) is 5.69 Å². The van der Waals surface area contributed by atoms with Crippen molar-refractivity contribution in [2.24, 2.45) is 0 Å². The van der Waals surface area contributed by atoms with Crippen molar-refractivity contribution in [2.45, 2.75) is 19.3 Å². The van der Waals surface area contributed by atoms with Crippen molar-refractivity contribution in [2.75, 3.05) is 4.90 Å². The second kappa shape index (κ2) is 14.6. The highest BCUT2D eigenvalue weighted by Gasteiger charge is 2.36. The Morgan fingerprint density at radius 1 is 0.365 bits per heavy atom. The molecule has 0 bridgehead atoms. The van der Waals surface area contributed by atoms with E-state index in [9.17, 15) is 0 Å². The lowest BCUT2D eigenvalue weighted by molar-refractivity contribution is 0.660. The predicted octanol–water partition coefficient (Wildman–Crippen LogP) is 17.2. The zero-order chi connectivity index (χ0) is 42.1. The minimum Gasteiger partial charge on any atom is -0.455 e. The standard InChI is InChI=1S/C61H43NO/c1-61(2)55-27-14-13-24-51(55)52-35-34-46(39-56(52)61)62(45-32-28-43(29-33-45)50-25-15-26-53-59-49-23-10-9-20-42(49)31-37-58(59)63-60(50)53)57-36-30-44(38-54(57)41-18-7-4-8-19-41)48-22-12-11-21-47(48)40-16-5-3-6-17-40/h3-39H,1-2H3. The summed E-state index contributed by atoms with van der Waals surface area (Å²) < 4.78 is 6.69. The maximum absolute atomic E-state index is 6.69. The predicted molar refractivity (Wildman–Crippen MR) is 265 cm³/mol. The Morgan fingerprint density at radius 3 is 1.71 bits per heavy atom. The molecule has 0 saturated carbocycles. The molecular weight excluding hydrogens is 763 g/mol. The van der Waals surface area contributed by atoms with Gasteiger partial charge in [-0.15, -0.1) is 0 Å². The summed E-state index contributed by atoms with van der Waals surface area (Å²) in [5.41, 5.74) is 19.6. The Morgan fingerprint density at radius 2 is 0.937 bits per heavy atom. The van der Waals surface area contributed by atoms with Gasteiger partial charge in [-0.2, -0.15) is 0 Å². The van der Waals surface area contributed by atoms with E-state index in [0.717, 1.165) is 61.3 Å². The highest BCUT2D eigenvalue weighted by Crippen LogP contribution is 2.52. The van der Waals surface area contributed by atoms with E-state index in [1.807, 2.05) is 0 Å². The number of furan rings is 1. The van der Waals surface area contributed by atoms with Crippen LogP contribution in [0.2, 0.25) is 0 Å². The van der Waals surface area contributed by atoms with Gasteiger partial charge in [0.2, 0.25) is 0 Å². The van der Waals surface area contributed by atoms with Crippen LogP contribution in [0.5, 0.6) is 0 Å². The molecule has 0 spiro atoms. The molecule has 2 heteroatoms. The fraction of sp³-hybridized carbons (Fsp3) is 0.0492. The lowest BCUT2D eigenvalue weighted by Crippen LogP contribution is -2.17. The maximum Gasteiger partial charge on any atom is 0.143 e. The molecule has 0 fully saturated rings. The molecule has 0 aliphatic heterocycles. The van der Waals surface area contributed by atoms with Gasteiger partial charge in [0.1, 0.15) is 11.2 Å². The zero-order valence-corrected chi connectivity index (χ0v) is 35.2. The van der Waals surface area contributed by atoms with E-state index in [0.29, 0.717) is 0 Å². The zero-order valence-electron chi connectivity index (χ0n) is 35.2.